The van der Waals surface area contributed by atoms with Crippen LogP contribution >= 0.6 is 0 Å². The lowest BCUT2D eigenvalue weighted by atomic mass is 9.76. The maximum absolute atomic E-state index is 12.4. The third-order valence-corrected chi connectivity index (χ3v) is 5.47. The van der Waals surface area contributed by atoms with Gasteiger partial charge in [0.25, 0.3) is 5.91 Å². The van der Waals surface area contributed by atoms with Crippen LogP contribution in [0.5, 0.6) is 0 Å². The van der Waals surface area contributed by atoms with Crippen LogP contribution in [0.2, 0.25) is 0 Å². The summed E-state index contributed by atoms with van der Waals surface area (Å²) in [5, 5.41) is 22.8. The highest BCUT2D eigenvalue weighted by Gasteiger charge is 2.40. The van der Waals surface area contributed by atoms with Gasteiger partial charge in [0.05, 0.1) is 17.7 Å². The van der Waals surface area contributed by atoms with Gasteiger partial charge < -0.3 is 29.4 Å². The van der Waals surface area contributed by atoms with Gasteiger partial charge in [0.2, 0.25) is 0 Å². The molecular formula is C21H25BN2O6. The third kappa shape index (κ3) is 4.42. The molecule has 0 radical (unpaired) electrons. The number of rotatable bonds is 8. The first kappa shape index (κ1) is 21.7. The number of carbonyl (C=O) groups excluding carboxylic acids is 2. The van der Waals surface area contributed by atoms with Crippen molar-refractivity contribution in [3.63, 3.8) is 0 Å². The zero-order valence-electron chi connectivity index (χ0n) is 16.8. The molecule has 2 amide bonds. The zero-order valence-corrected chi connectivity index (χ0v) is 16.8. The van der Waals surface area contributed by atoms with E-state index in [4.69, 9.17) is 9.15 Å². The van der Waals surface area contributed by atoms with E-state index in [1.807, 2.05) is 31.2 Å². The molecule has 3 rings (SSSR count). The minimum atomic E-state index is -1.79. The molecule has 8 nitrogen and oxygen atoms in total. The van der Waals surface area contributed by atoms with Gasteiger partial charge in [0, 0.05) is 11.6 Å². The van der Waals surface area contributed by atoms with Gasteiger partial charge >= 0.3 is 13.2 Å². The van der Waals surface area contributed by atoms with Crippen molar-refractivity contribution >= 4 is 30.1 Å². The van der Waals surface area contributed by atoms with E-state index < -0.39 is 24.7 Å². The van der Waals surface area contributed by atoms with Crippen LogP contribution in [0.15, 0.2) is 59.9 Å². The Hall–Kier alpha value is -3.04. The summed E-state index contributed by atoms with van der Waals surface area (Å²) < 4.78 is 10.8. The van der Waals surface area contributed by atoms with Crippen LogP contribution in [-0.2, 0) is 16.0 Å². The van der Waals surface area contributed by atoms with E-state index in [-0.39, 0.29) is 18.9 Å². The fourth-order valence-electron chi connectivity index (χ4n) is 3.64. The predicted octanol–water partition coefficient (Wildman–Crippen LogP) is 2.16. The molecule has 30 heavy (non-hydrogen) atoms. The maximum atomic E-state index is 12.4. The molecule has 2 aromatic rings. The van der Waals surface area contributed by atoms with Crippen molar-refractivity contribution in [2.24, 2.45) is 0 Å². The summed E-state index contributed by atoms with van der Waals surface area (Å²) in [6.45, 7) is 5.38. The highest BCUT2D eigenvalue weighted by molar-refractivity contribution is 6.43. The largest absolute Gasteiger partial charge is 0.475 e. The predicted molar refractivity (Wildman–Crippen MR) is 112 cm³/mol. The van der Waals surface area contributed by atoms with E-state index in [1.165, 1.54) is 17.2 Å². The maximum Gasteiger partial charge on any atom is 0.475 e. The number of fused-ring (bicyclic) bond motifs is 1. The molecule has 0 spiro atoms. The quantitative estimate of drug-likeness (QED) is 0.453. The minimum Gasteiger partial charge on any atom is -0.464 e. The van der Waals surface area contributed by atoms with Crippen molar-refractivity contribution in [3.05, 3.63) is 61.0 Å². The Morgan fingerprint density at radius 1 is 1.43 bits per heavy atom. The number of nitrogens with zero attached hydrogens (tertiary/aromatic N) is 1. The van der Waals surface area contributed by atoms with Crippen molar-refractivity contribution in [1.82, 2.24) is 10.2 Å². The zero-order chi connectivity index (χ0) is 21.7. The van der Waals surface area contributed by atoms with E-state index >= 15 is 0 Å². The van der Waals surface area contributed by atoms with Gasteiger partial charge in [-0.1, -0.05) is 37.8 Å². The van der Waals surface area contributed by atoms with E-state index in [0.717, 1.165) is 10.9 Å². The van der Waals surface area contributed by atoms with Crippen LogP contribution in [0.25, 0.3) is 11.0 Å². The fraction of sp³-hybridized carbons (Fsp3) is 0.333. The highest BCUT2D eigenvalue weighted by atomic mass is 16.6. The summed E-state index contributed by atoms with van der Waals surface area (Å²) in [7, 11) is -1.79. The number of nitrogens with one attached hydrogen (secondary N) is 1. The molecule has 0 bridgehead atoms. The smallest absolute Gasteiger partial charge is 0.464 e. The SMILES string of the molecule is C=CC(=O)N1C=CC[C@]1(CC)COC(=O)N[C@@H](Cc1coc2ccccc12)B(O)O. The molecule has 0 fully saturated rings. The van der Waals surface area contributed by atoms with Crippen LogP contribution in [0.3, 0.4) is 0 Å². The number of amides is 2. The number of hydrogen-bond acceptors (Lipinski definition) is 6. The van der Waals surface area contributed by atoms with Gasteiger partial charge in [-0.15, -0.1) is 0 Å². The minimum absolute atomic E-state index is 0.0369. The second-order valence-electron chi connectivity index (χ2n) is 7.28. The van der Waals surface area contributed by atoms with Gasteiger partial charge in [-0.25, -0.2) is 4.79 Å². The topological polar surface area (TPSA) is 112 Å². The number of alkyl carbamates (subject to hydrolysis) is 1. The first-order chi connectivity index (χ1) is 14.4. The summed E-state index contributed by atoms with van der Waals surface area (Å²) in [5.41, 5.74) is 0.722. The molecule has 1 aromatic heterocycles. The number of hydrogen-bond donors (Lipinski definition) is 3. The van der Waals surface area contributed by atoms with Gasteiger partial charge in [-0.05, 0) is 37.0 Å². The van der Waals surface area contributed by atoms with Crippen LogP contribution in [-0.4, -0.2) is 52.2 Å². The van der Waals surface area contributed by atoms with Crippen molar-refractivity contribution in [2.45, 2.75) is 37.7 Å². The Morgan fingerprint density at radius 2 is 2.20 bits per heavy atom. The Morgan fingerprint density at radius 3 is 2.90 bits per heavy atom. The molecule has 0 aliphatic carbocycles. The molecule has 3 N–H and O–H groups in total. The number of furan rings is 1. The van der Waals surface area contributed by atoms with Gasteiger partial charge in [-0.3, -0.25) is 4.79 Å². The highest BCUT2D eigenvalue weighted by Crippen LogP contribution is 2.31. The van der Waals surface area contributed by atoms with Gasteiger partial charge in [0.15, 0.2) is 0 Å². The Bertz CT molecular complexity index is 956. The van der Waals surface area contributed by atoms with Crippen molar-refractivity contribution in [1.29, 1.82) is 0 Å². The van der Waals surface area contributed by atoms with Crippen LogP contribution < -0.4 is 5.32 Å². The summed E-state index contributed by atoms with van der Waals surface area (Å²) >= 11 is 0. The first-order valence-electron chi connectivity index (χ1n) is 9.77. The molecule has 1 aromatic carbocycles. The average Bonchev–Trinajstić information content (AvgIpc) is 3.36. The van der Waals surface area contributed by atoms with E-state index in [0.29, 0.717) is 18.4 Å². The Balaban J connectivity index is 1.64. The van der Waals surface area contributed by atoms with Crippen molar-refractivity contribution in [3.8, 4) is 0 Å². The van der Waals surface area contributed by atoms with E-state index in [1.54, 1.807) is 12.3 Å². The summed E-state index contributed by atoms with van der Waals surface area (Å²) in [6.07, 6.45) is 6.71. The Labute approximate surface area is 174 Å². The lowest BCUT2D eigenvalue weighted by Gasteiger charge is -2.36. The van der Waals surface area contributed by atoms with Crippen molar-refractivity contribution in [2.75, 3.05) is 6.61 Å². The van der Waals surface area contributed by atoms with Gasteiger partial charge in [-0.2, -0.15) is 0 Å². The van der Waals surface area contributed by atoms with E-state index in [2.05, 4.69) is 11.9 Å². The molecule has 1 aliphatic rings. The normalized spacial score (nSPS) is 19.0. The molecule has 2 heterocycles. The van der Waals surface area contributed by atoms with E-state index in [9.17, 15) is 19.6 Å². The lowest BCUT2D eigenvalue weighted by molar-refractivity contribution is -0.129. The molecule has 9 heteroatoms. The van der Waals surface area contributed by atoms with Crippen LogP contribution in [0, 0.1) is 0 Å². The molecule has 1 aliphatic heterocycles. The molecule has 158 valence electrons. The first-order valence-corrected chi connectivity index (χ1v) is 9.77. The second-order valence-corrected chi connectivity index (χ2v) is 7.28. The van der Waals surface area contributed by atoms with Crippen LogP contribution in [0.4, 0.5) is 4.79 Å². The molecule has 2 atom stereocenters. The Kier molecular flexibility index (Phi) is 6.64. The standard InChI is InChI=1S/C21H25BN2O6/c1-3-19(25)24-11-7-10-21(24,4-2)14-30-20(26)23-18(22(27)28)12-15-13-29-17-9-6-5-8-16(15)17/h3,5-9,11,13,18,27-28H,1,4,10,12,14H2,2H3,(H,23,26)/t18-,21+/m0/s1. The fourth-order valence-corrected chi connectivity index (χ4v) is 3.64. The molecule has 0 unspecified atom stereocenters. The second kappa shape index (κ2) is 9.19. The number of ether oxygens (including phenoxy) is 1. The summed E-state index contributed by atoms with van der Waals surface area (Å²) in [6, 6.07) is 7.35. The van der Waals surface area contributed by atoms with Gasteiger partial charge in [0.1, 0.15) is 12.2 Å². The lowest BCUT2D eigenvalue weighted by Crippen LogP contribution is -2.52. The summed E-state index contributed by atoms with van der Waals surface area (Å²) in [5.74, 6) is -1.27. The number of para-hydroxylation sites is 1. The monoisotopic (exact) mass is 412 g/mol. The third-order valence-electron chi connectivity index (χ3n) is 5.47. The molecular weight excluding hydrogens is 387 g/mol. The number of carbonyl (C=O) groups is 2. The average molecular weight is 412 g/mol. The summed E-state index contributed by atoms with van der Waals surface area (Å²) in [4.78, 5) is 26.0. The number of benzene rings is 1. The molecule has 0 saturated carbocycles. The van der Waals surface area contributed by atoms with Crippen molar-refractivity contribution < 1.29 is 28.8 Å². The van der Waals surface area contributed by atoms with Crippen LogP contribution in [0.1, 0.15) is 25.3 Å². The molecule has 0 saturated heterocycles.